The summed E-state index contributed by atoms with van der Waals surface area (Å²) in [5.74, 6) is 1.09. The van der Waals surface area contributed by atoms with Crippen LogP contribution in [-0.2, 0) is 6.54 Å². The molecule has 1 aliphatic carbocycles. The smallest absolute Gasteiger partial charge is 0.213 e. The number of aromatic nitrogens is 1. The molecular weight excluding hydrogens is 312 g/mol. The van der Waals surface area contributed by atoms with Gasteiger partial charge >= 0.3 is 0 Å². The lowest BCUT2D eigenvalue weighted by Gasteiger charge is -2.12. The molecule has 0 bridgehead atoms. The van der Waals surface area contributed by atoms with E-state index in [0.717, 1.165) is 24.1 Å². The first kappa shape index (κ1) is 17.3. The molecular formula is C20H26N4O. The second-order valence-electron chi connectivity index (χ2n) is 6.65. The lowest BCUT2D eigenvalue weighted by atomic mass is 10.1. The van der Waals surface area contributed by atoms with Crippen molar-refractivity contribution in [3.8, 4) is 5.88 Å². The van der Waals surface area contributed by atoms with Gasteiger partial charge in [-0.1, -0.05) is 12.1 Å². The first-order valence-corrected chi connectivity index (χ1v) is 8.86. The van der Waals surface area contributed by atoms with Gasteiger partial charge in [-0.2, -0.15) is 0 Å². The van der Waals surface area contributed by atoms with Gasteiger partial charge in [0.2, 0.25) is 5.88 Å². The Morgan fingerprint density at radius 1 is 1.20 bits per heavy atom. The summed E-state index contributed by atoms with van der Waals surface area (Å²) in [4.78, 5) is 8.75. The summed E-state index contributed by atoms with van der Waals surface area (Å²) < 4.78 is 5.87. The molecule has 0 unspecified atom stereocenters. The molecule has 0 saturated heterocycles. The topological polar surface area (TPSA) is 72.5 Å². The third kappa shape index (κ3) is 4.95. The third-order valence-electron chi connectivity index (χ3n) is 4.60. The zero-order chi connectivity index (χ0) is 17.6. The summed E-state index contributed by atoms with van der Waals surface area (Å²) in [6.45, 7) is 4.65. The molecule has 1 aromatic carbocycles. The lowest BCUT2D eigenvalue weighted by Crippen LogP contribution is -2.22. The predicted octanol–water partition coefficient (Wildman–Crippen LogP) is 3.95. The monoisotopic (exact) mass is 338 g/mol. The Morgan fingerprint density at radius 2 is 2.00 bits per heavy atom. The van der Waals surface area contributed by atoms with Crippen LogP contribution in [0.15, 0.2) is 41.5 Å². The Labute approximate surface area is 149 Å². The number of hydrogen-bond acceptors (Lipinski definition) is 3. The van der Waals surface area contributed by atoms with Crippen molar-refractivity contribution in [2.75, 3.05) is 5.32 Å². The van der Waals surface area contributed by atoms with Crippen LogP contribution in [0.25, 0.3) is 0 Å². The van der Waals surface area contributed by atoms with E-state index in [2.05, 4.69) is 41.3 Å². The molecule has 0 radical (unpaired) electrons. The van der Waals surface area contributed by atoms with E-state index in [1.807, 2.05) is 18.2 Å². The predicted molar refractivity (Wildman–Crippen MR) is 102 cm³/mol. The molecule has 0 spiro atoms. The van der Waals surface area contributed by atoms with Gasteiger partial charge in [-0.3, -0.25) is 0 Å². The summed E-state index contributed by atoms with van der Waals surface area (Å²) >= 11 is 0. The van der Waals surface area contributed by atoms with E-state index in [1.54, 1.807) is 6.20 Å². The van der Waals surface area contributed by atoms with E-state index in [1.165, 1.54) is 24.0 Å². The standard InChI is InChI=1S/C20H26N4O/c1-14-7-9-17(11-15(14)2)24-20(21)23-13-16-8-10-19(22-12-16)25-18-5-3-4-6-18/h7-12,18H,3-6,13H2,1-2H3,(H3,21,23,24). The molecule has 1 heterocycles. The van der Waals surface area contributed by atoms with Gasteiger partial charge in [0.15, 0.2) is 5.96 Å². The number of aliphatic imine (C=N–C) groups is 1. The zero-order valence-electron chi connectivity index (χ0n) is 15.0. The van der Waals surface area contributed by atoms with E-state index < -0.39 is 0 Å². The van der Waals surface area contributed by atoms with E-state index in [-0.39, 0.29) is 0 Å². The van der Waals surface area contributed by atoms with E-state index in [4.69, 9.17) is 10.5 Å². The van der Waals surface area contributed by atoms with Crippen molar-refractivity contribution in [1.29, 1.82) is 0 Å². The average molecular weight is 338 g/mol. The first-order valence-electron chi connectivity index (χ1n) is 8.86. The van der Waals surface area contributed by atoms with Crippen molar-refractivity contribution < 1.29 is 4.74 Å². The summed E-state index contributed by atoms with van der Waals surface area (Å²) in [5, 5.41) is 3.12. The van der Waals surface area contributed by atoms with E-state index in [9.17, 15) is 0 Å². The molecule has 0 aliphatic heterocycles. The van der Waals surface area contributed by atoms with Gasteiger partial charge in [0.1, 0.15) is 6.10 Å². The van der Waals surface area contributed by atoms with Gasteiger partial charge in [-0.15, -0.1) is 0 Å². The maximum absolute atomic E-state index is 5.97. The molecule has 1 saturated carbocycles. The van der Waals surface area contributed by atoms with Crippen molar-refractivity contribution in [2.24, 2.45) is 10.7 Å². The normalized spacial score (nSPS) is 15.4. The average Bonchev–Trinajstić information content (AvgIpc) is 3.11. The number of pyridine rings is 1. The molecule has 0 atom stereocenters. The molecule has 3 N–H and O–H groups in total. The van der Waals surface area contributed by atoms with Gasteiger partial charge in [0, 0.05) is 18.0 Å². The Morgan fingerprint density at radius 3 is 2.68 bits per heavy atom. The highest BCUT2D eigenvalue weighted by atomic mass is 16.5. The van der Waals surface area contributed by atoms with Crippen molar-refractivity contribution in [3.05, 3.63) is 53.2 Å². The maximum atomic E-state index is 5.97. The fourth-order valence-electron chi connectivity index (χ4n) is 2.93. The van der Waals surface area contributed by atoms with E-state index in [0.29, 0.717) is 24.5 Å². The van der Waals surface area contributed by atoms with Gasteiger partial charge in [-0.25, -0.2) is 9.98 Å². The summed E-state index contributed by atoms with van der Waals surface area (Å²) in [7, 11) is 0. The lowest BCUT2D eigenvalue weighted by molar-refractivity contribution is 0.201. The quantitative estimate of drug-likeness (QED) is 0.639. The molecule has 1 aromatic heterocycles. The number of hydrogen-bond donors (Lipinski definition) is 2. The Balaban J connectivity index is 1.54. The van der Waals surface area contributed by atoms with Gasteiger partial charge in [0.05, 0.1) is 6.54 Å². The molecule has 2 aromatic rings. The minimum atomic E-state index is 0.328. The SMILES string of the molecule is Cc1ccc(NC(N)=NCc2ccc(OC3CCCC3)nc2)cc1C. The number of aryl methyl sites for hydroxylation is 2. The van der Waals surface area contributed by atoms with Crippen LogP contribution in [0.4, 0.5) is 5.69 Å². The second-order valence-corrected chi connectivity index (χ2v) is 6.65. The summed E-state index contributed by atoms with van der Waals surface area (Å²) in [5.41, 5.74) is 10.4. The zero-order valence-corrected chi connectivity index (χ0v) is 15.0. The van der Waals surface area contributed by atoms with Crippen LogP contribution in [0, 0.1) is 13.8 Å². The van der Waals surface area contributed by atoms with E-state index >= 15 is 0 Å². The number of rotatable bonds is 5. The highest BCUT2D eigenvalue weighted by Gasteiger charge is 2.16. The minimum absolute atomic E-state index is 0.328. The molecule has 25 heavy (non-hydrogen) atoms. The van der Waals surface area contributed by atoms with Crippen molar-refractivity contribution in [2.45, 2.75) is 52.2 Å². The number of nitrogens with two attached hydrogens (primary N) is 1. The number of anilines is 1. The number of benzene rings is 1. The van der Waals surface area contributed by atoms with Crippen molar-refractivity contribution >= 4 is 11.6 Å². The first-order chi connectivity index (χ1) is 12.1. The minimum Gasteiger partial charge on any atom is -0.474 e. The Bertz CT molecular complexity index is 734. The number of nitrogens with one attached hydrogen (secondary N) is 1. The van der Waals surface area contributed by atoms with Crippen molar-refractivity contribution in [3.63, 3.8) is 0 Å². The van der Waals surface area contributed by atoms with Gasteiger partial charge < -0.3 is 15.8 Å². The fourth-order valence-corrected chi connectivity index (χ4v) is 2.93. The molecule has 3 rings (SSSR count). The van der Waals surface area contributed by atoms with Gasteiger partial charge in [-0.05, 0) is 68.4 Å². The molecule has 1 aliphatic rings. The molecule has 1 fully saturated rings. The highest BCUT2D eigenvalue weighted by Crippen LogP contribution is 2.23. The Hall–Kier alpha value is -2.56. The van der Waals surface area contributed by atoms with Crippen LogP contribution in [0.1, 0.15) is 42.4 Å². The number of guanidine groups is 1. The molecule has 132 valence electrons. The van der Waals surface area contributed by atoms with Crippen LogP contribution in [0.5, 0.6) is 5.88 Å². The molecule has 0 amide bonds. The van der Waals surface area contributed by atoms with Crippen LogP contribution < -0.4 is 15.8 Å². The van der Waals surface area contributed by atoms with Crippen LogP contribution >= 0.6 is 0 Å². The van der Waals surface area contributed by atoms with Crippen LogP contribution in [-0.4, -0.2) is 17.0 Å². The summed E-state index contributed by atoms with van der Waals surface area (Å²) in [6, 6.07) is 10.0. The fraction of sp³-hybridized carbons (Fsp3) is 0.400. The third-order valence-corrected chi connectivity index (χ3v) is 4.60. The molecule has 5 heteroatoms. The molecule has 5 nitrogen and oxygen atoms in total. The van der Waals surface area contributed by atoms with Crippen LogP contribution in [0.2, 0.25) is 0 Å². The Kier molecular flexibility index (Phi) is 5.53. The number of ether oxygens (including phenoxy) is 1. The summed E-state index contributed by atoms with van der Waals surface area (Å²) in [6.07, 6.45) is 6.91. The second kappa shape index (κ2) is 8.01. The van der Waals surface area contributed by atoms with Gasteiger partial charge in [0.25, 0.3) is 0 Å². The maximum Gasteiger partial charge on any atom is 0.213 e. The van der Waals surface area contributed by atoms with Crippen molar-refractivity contribution in [1.82, 2.24) is 4.98 Å². The number of nitrogens with zero attached hydrogens (tertiary/aromatic N) is 2. The largest absolute Gasteiger partial charge is 0.474 e. The van der Waals surface area contributed by atoms with Crippen LogP contribution in [0.3, 0.4) is 0 Å². The highest BCUT2D eigenvalue weighted by molar-refractivity contribution is 5.92.